The number of rotatable bonds is 2. The van der Waals surface area contributed by atoms with Gasteiger partial charge in [-0.15, -0.1) is 0 Å². The normalized spacial score (nSPS) is 9.64. The molecule has 0 aromatic heterocycles. The smallest absolute Gasteiger partial charge is 0.0252 e. The largest absolute Gasteiger partial charge is 0.308 e. The Labute approximate surface area is 67.6 Å². The summed E-state index contributed by atoms with van der Waals surface area (Å²) in [6.07, 6.45) is 2.47. The summed E-state index contributed by atoms with van der Waals surface area (Å²) in [7, 11) is 0. The predicted octanol–water partition coefficient (Wildman–Crippen LogP) is 2.56. The van der Waals surface area contributed by atoms with Crippen LogP contribution in [-0.4, -0.2) is 6.21 Å². The lowest BCUT2D eigenvalue weighted by Crippen LogP contribution is -1.88. The van der Waals surface area contributed by atoms with Gasteiger partial charge in [0.2, 0.25) is 0 Å². The molecule has 0 aliphatic heterocycles. The molecule has 1 heteroatoms. The van der Waals surface area contributed by atoms with Crippen LogP contribution < -0.4 is 0 Å². The molecule has 0 saturated heterocycles. The minimum absolute atomic E-state index is 1.02. The fourth-order valence-electron chi connectivity index (χ4n) is 1.12. The molecule has 0 aliphatic rings. The van der Waals surface area contributed by atoms with Crippen molar-refractivity contribution in [3.8, 4) is 0 Å². The molecule has 0 aliphatic carbocycles. The van der Waals surface area contributed by atoms with Crippen LogP contribution in [0.3, 0.4) is 0 Å². The van der Waals surface area contributed by atoms with Gasteiger partial charge in [-0.2, -0.15) is 0 Å². The van der Waals surface area contributed by atoms with Crippen LogP contribution in [0.15, 0.2) is 18.2 Å². The number of hydrogen-bond donors (Lipinski definition) is 1. The minimum Gasteiger partial charge on any atom is -0.308 e. The second-order valence-electron chi connectivity index (χ2n) is 2.69. The van der Waals surface area contributed by atoms with E-state index in [-0.39, 0.29) is 0 Å². The lowest BCUT2D eigenvalue weighted by molar-refractivity contribution is 1.13. The summed E-state index contributed by atoms with van der Waals surface area (Å²) >= 11 is 0. The van der Waals surface area contributed by atoms with Crippen LogP contribution in [-0.2, 0) is 6.42 Å². The van der Waals surface area contributed by atoms with Gasteiger partial charge < -0.3 is 5.41 Å². The molecular weight excluding hydrogens is 134 g/mol. The van der Waals surface area contributed by atoms with E-state index >= 15 is 0 Å². The summed E-state index contributed by atoms with van der Waals surface area (Å²) in [6, 6.07) is 6.22. The average molecular weight is 147 g/mol. The zero-order valence-corrected chi connectivity index (χ0v) is 7.02. The second kappa shape index (κ2) is 3.33. The van der Waals surface area contributed by atoms with Crippen LogP contribution in [0.1, 0.15) is 23.6 Å². The summed E-state index contributed by atoms with van der Waals surface area (Å²) in [5.74, 6) is 0. The van der Waals surface area contributed by atoms with E-state index < -0.39 is 0 Å². The number of hydrogen-bond acceptors (Lipinski definition) is 1. The Morgan fingerprint density at radius 3 is 2.64 bits per heavy atom. The molecule has 1 aromatic carbocycles. The summed E-state index contributed by atoms with van der Waals surface area (Å²) in [6.45, 7) is 4.18. The van der Waals surface area contributed by atoms with Gasteiger partial charge in [-0.1, -0.05) is 25.1 Å². The van der Waals surface area contributed by atoms with Crippen molar-refractivity contribution in [1.82, 2.24) is 0 Å². The van der Waals surface area contributed by atoms with E-state index in [4.69, 9.17) is 5.41 Å². The highest BCUT2D eigenvalue weighted by Gasteiger charge is 1.94. The standard InChI is InChI=1S/C10H13N/c1-3-9-4-5-10(7-11)8(2)6-9/h4-7,11H,3H2,1-2H3. The number of benzene rings is 1. The highest BCUT2D eigenvalue weighted by atomic mass is 14.3. The molecule has 1 rings (SSSR count). The third kappa shape index (κ3) is 1.67. The van der Waals surface area contributed by atoms with Gasteiger partial charge in [-0.25, -0.2) is 0 Å². The maximum Gasteiger partial charge on any atom is 0.0252 e. The highest BCUT2D eigenvalue weighted by molar-refractivity contribution is 5.79. The molecule has 0 atom stereocenters. The first-order valence-electron chi connectivity index (χ1n) is 3.88. The third-order valence-electron chi connectivity index (χ3n) is 1.90. The van der Waals surface area contributed by atoms with Crippen LogP contribution in [0.4, 0.5) is 0 Å². The predicted molar refractivity (Wildman–Crippen MR) is 48.4 cm³/mol. The Morgan fingerprint density at radius 1 is 1.45 bits per heavy atom. The van der Waals surface area contributed by atoms with Crippen LogP contribution in [0.5, 0.6) is 0 Å². The second-order valence-corrected chi connectivity index (χ2v) is 2.69. The van der Waals surface area contributed by atoms with E-state index in [0.717, 1.165) is 12.0 Å². The van der Waals surface area contributed by atoms with E-state index in [1.165, 1.54) is 17.3 Å². The van der Waals surface area contributed by atoms with Crippen molar-refractivity contribution < 1.29 is 0 Å². The summed E-state index contributed by atoms with van der Waals surface area (Å²) < 4.78 is 0. The average Bonchev–Trinajstić information content (AvgIpc) is 2.04. The Kier molecular flexibility index (Phi) is 2.42. The molecule has 58 valence electrons. The van der Waals surface area contributed by atoms with Gasteiger partial charge in [0.15, 0.2) is 0 Å². The Bertz CT molecular complexity index is 264. The number of aryl methyl sites for hydroxylation is 2. The van der Waals surface area contributed by atoms with Crippen molar-refractivity contribution >= 4 is 6.21 Å². The fourth-order valence-corrected chi connectivity index (χ4v) is 1.12. The van der Waals surface area contributed by atoms with Gasteiger partial charge in [-0.05, 0) is 30.0 Å². The SMILES string of the molecule is CCc1ccc(C=N)c(C)c1. The van der Waals surface area contributed by atoms with Crippen LogP contribution in [0.2, 0.25) is 0 Å². The lowest BCUT2D eigenvalue weighted by Gasteiger charge is -2.01. The maximum absolute atomic E-state index is 7.09. The summed E-state index contributed by atoms with van der Waals surface area (Å²) in [5.41, 5.74) is 3.55. The van der Waals surface area contributed by atoms with E-state index in [1.54, 1.807) is 0 Å². The van der Waals surface area contributed by atoms with Crippen LogP contribution in [0.25, 0.3) is 0 Å². The molecule has 0 amide bonds. The molecule has 0 saturated carbocycles. The van der Waals surface area contributed by atoms with E-state index in [2.05, 4.69) is 19.1 Å². The minimum atomic E-state index is 1.02. The van der Waals surface area contributed by atoms with Crippen LogP contribution >= 0.6 is 0 Å². The van der Waals surface area contributed by atoms with Crippen molar-refractivity contribution in [2.75, 3.05) is 0 Å². The summed E-state index contributed by atoms with van der Waals surface area (Å²) in [4.78, 5) is 0. The number of nitrogens with one attached hydrogen (secondary N) is 1. The topological polar surface area (TPSA) is 23.9 Å². The molecule has 0 spiro atoms. The van der Waals surface area contributed by atoms with Crippen molar-refractivity contribution in [3.63, 3.8) is 0 Å². The molecule has 0 radical (unpaired) electrons. The zero-order chi connectivity index (χ0) is 8.27. The van der Waals surface area contributed by atoms with E-state index in [0.29, 0.717) is 0 Å². The van der Waals surface area contributed by atoms with Gasteiger partial charge in [0.1, 0.15) is 0 Å². The Hall–Kier alpha value is -1.11. The first-order chi connectivity index (χ1) is 5.27. The molecule has 0 unspecified atom stereocenters. The summed E-state index contributed by atoms with van der Waals surface area (Å²) in [5, 5.41) is 7.09. The molecular formula is C10H13N. The van der Waals surface area contributed by atoms with Crippen LogP contribution in [0, 0.1) is 12.3 Å². The molecule has 0 fully saturated rings. The van der Waals surface area contributed by atoms with Gasteiger partial charge in [0.25, 0.3) is 0 Å². The van der Waals surface area contributed by atoms with Crippen molar-refractivity contribution in [2.24, 2.45) is 0 Å². The Morgan fingerprint density at radius 2 is 2.18 bits per heavy atom. The van der Waals surface area contributed by atoms with Gasteiger partial charge in [0, 0.05) is 6.21 Å². The molecule has 0 bridgehead atoms. The molecule has 0 heterocycles. The molecule has 1 nitrogen and oxygen atoms in total. The van der Waals surface area contributed by atoms with Crippen molar-refractivity contribution in [2.45, 2.75) is 20.3 Å². The Balaban J connectivity index is 3.09. The first kappa shape index (κ1) is 7.99. The van der Waals surface area contributed by atoms with Gasteiger partial charge in [0.05, 0.1) is 0 Å². The van der Waals surface area contributed by atoms with Crippen molar-refractivity contribution in [3.05, 3.63) is 34.9 Å². The lowest BCUT2D eigenvalue weighted by atomic mass is 10.0. The molecule has 1 aromatic rings. The quantitative estimate of drug-likeness (QED) is 0.622. The van der Waals surface area contributed by atoms with Gasteiger partial charge >= 0.3 is 0 Å². The third-order valence-corrected chi connectivity index (χ3v) is 1.90. The van der Waals surface area contributed by atoms with E-state index in [9.17, 15) is 0 Å². The van der Waals surface area contributed by atoms with Crippen molar-refractivity contribution in [1.29, 1.82) is 5.41 Å². The first-order valence-corrected chi connectivity index (χ1v) is 3.88. The zero-order valence-electron chi connectivity index (χ0n) is 7.02. The van der Waals surface area contributed by atoms with E-state index in [1.807, 2.05) is 13.0 Å². The molecule has 1 N–H and O–H groups in total. The molecule has 11 heavy (non-hydrogen) atoms. The van der Waals surface area contributed by atoms with Gasteiger partial charge in [-0.3, -0.25) is 0 Å². The monoisotopic (exact) mass is 147 g/mol. The maximum atomic E-state index is 7.09. The fraction of sp³-hybridized carbons (Fsp3) is 0.300. The highest BCUT2D eigenvalue weighted by Crippen LogP contribution is 2.09.